The minimum absolute atomic E-state index is 0.111. The fraction of sp³-hybridized carbons (Fsp3) is 0.267. The Morgan fingerprint density at radius 2 is 1.71 bits per heavy atom. The van der Waals surface area contributed by atoms with Gasteiger partial charge in [-0.1, -0.05) is 6.07 Å². The van der Waals surface area contributed by atoms with E-state index in [-0.39, 0.29) is 5.69 Å². The normalized spacial score (nSPS) is 10.1. The van der Waals surface area contributed by atoms with Gasteiger partial charge in [0.1, 0.15) is 5.82 Å². The molecule has 0 radical (unpaired) electrons. The SMILES string of the molecule is O=[N+]([O-])c1ccc(NCCCCNc2ccccn2)cc1. The van der Waals surface area contributed by atoms with E-state index in [1.165, 1.54) is 12.1 Å². The Kier molecular flexibility index (Phi) is 5.51. The van der Waals surface area contributed by atoms with Crippen LogP contribution in [0, 0.1) is 10.1 Å². The van der Waals surface area contributed by atoms with Gasteiger partial charge in [0.25, 0.3) is 5.69 Å². The van der Waals surface area contributed by atoms with Gasteiger partial charge in [-0.05, 0) is 37.1 Å². The summed E-state index contributed by atoms with van der Waals surface area (Å²) in [5.41, 5.74) is 1.01. The summed E-state index contributed by atoms with van der Waals surface area (Å²) in [7, 11) is 0. The molecule has 6 nitrogen and oxygen atoms in total. The summed E-state index contributed by atoms with van der Waals surface area (Å²) in [5.74, 6) is 0.890. The molecule has 0 unspecified atom stereocenters. The van der Waals surface area contributed by atoms with Gasteiger partial charge in [-0.25, -0.2) is 4.98 Å². The number of nitro groups is 1. The zero-order valence-corrected chi connectivity index (χ0v) is 11.7. The standard InChI is InChI=1S/C15H18N4O2/c20-19(21)14-8-6-13(7-9-14)16-10-3-4-12-18-15-5-1-2-11-17-15/h1-2,5-9,11,16H,3-4,10,12H2,(H,17,18). The minimum atomic E-state index is -0.396. The lowest BCUT2D eigenvalue weighted by molar-refractivity contribution is -0.384. The fourth-order valence-corrected chi connectivity index (χ4v) is 1.87. The summed E-state index contributed by atoms with van der Waals surface area (Å²) >= 11 is 0. The van der Waals surface area contributed by atoms with Gasteiger partial charge < -0.3 is 10.6 Å². The number of hydrogen-bond acceptors (Lipinski definition) is 5. The molecule has 110 valence electrons. The predicted octanol–water partition coefficient (Wildman–Crippen LogP) is 3.29. The number of nitro benzene ring substituents is 1. The van der Waals surface area contributed by atoms with Crippen LogP contribution in [0.2, 0.25) is 0 Å². The number of aromatic nitrogens is 1. The summed E-state index contributed by atoms with van der Waals surface area (Å²) in [4.78, 5) is 14.3. The van der Waals surface area contributed by atoms with Crippen LogP contribution in [0.1, 0.15) is 12.8 Å². The quantitative estimate of drug-likeness (QED) is 0.442. The molecule has 0 aliphatic carbocycles. The number of pyridine rings is 1. The van der Waals surface area contributed by atoms with E-state index in [0.29, 0.717) is 0 Å². The first-order chi connectivity index (χ1) is 10.3. The number of nitrogens with zero attached hydrogens (tertiary/aromatic N) is 2. The lowest BCUT2D eigenvalue weighted by Crippen LogP contribution is -2.07. The maximum absolute atomic E-state index is 10.5. The zero-order chi connectivity index (χ0) is 14.9. The topological polar surface area (TPSA) is 80.1 Å². The molecule has 0 fully saturated rings. The Morgan fingerprint density at radius 3 is 2.33 bits per heavy atom. The maximum atomic E-state index is 10.5. The third kappa shape index (κ3) is 5.10. The van der Waals surface area contributed by atoms with Gasteiger partial charge in [0.15, 0.2) is 0 Å². The molecule has 0 saturated carbocycles. The number of anilines is 2. The van der Waals surface area contributed by atoms with Gasteiger partial charge in [0.2, 0.25) is 0 Å². The first-order valence-electron chi connectivity index (χ1n) is 6.89. The molecule has 0 bridgehead atoms. The second-order valence-corrected chi connectivity index (χ2v) is 4.58. The van der Waals surface area contributed by atoms with Crippen molar-refractivity contribution in [2.75, 3.05) is 23.7 Å². The van der Waals surface area contributed by atoms with E-state index in [9.17, 15) is 10.1 Å². The molecular weight excluding hydrogens is 268 g/mol. The van der Waals surface area contributed by atoms with Crippen molar-refractivity contribution in [3.05, 3.63) is 58.8 Å². The Labute approximate surface area is 123 Å². The molecule has 0 aliphatic rings. The van der Waals surface area contributed by atoms with E-state index in [2.05, 4.69) is 15.6 Å². The monoisotopic (exact) mass is 286 g/mol. The van der Waals surface area contributed by atoms with E-state index in [1.807, 2.05) is 18.2 Å². The van der Waals surface area contributed by atoms with E-state index < -0.39 is 4.92 Å². The van der Waals surface area contributed by atoms with Crippen LogP contribution >= 0.6 is 0 Å². The number of rotatable bonds is 8. The average Bonchev–Trinajstić information content (AvgIpc) is 2.52. The van der Waals surface area contributed by atoms with Crippen LogP contribution in [0.3, 0.4) is 0 Å². The van der Waals surface area contributed by atoms with Crippen molar-refractivity contribution in [2.24, 2.45) is 0 Å². The average molecular weight is 286 g/mol. The highest BCUT2D eigenvalue weighted by molar-refractivity contribution is 5.48. The van der Waals surface area contributed by atoms with Crippen LogP contribution in [-0.2, 0) is 0 Å². The molecule has 6 heteroatoms. The van der Waals surface area contributed by atoms with Crippen LogP contribution in [-0.4, -0.2) is 23.0 Å². The van der Waals surface area contributed by atoms with Crippen molar-refractivity contribution in [1.82, 2.24) is 4.98 Å². The Morgan fingerprint density at radius 1 is 1.00 bits per heavy atom. The van der Waals surface area contributed by atoms with Gasteiger partial charge in [-0.3, -0.25) is 10.1 Å². The first kappa shape index (κ1) is 14.8. The van der Waals surface area contributed by atoms with Crippen LogP contribution in [0.15, 0.2) is 48.7 Å². The van der Waals surface area contributed by atoms with Gasteiger partial charge >= 0.3 is 0 Å². The van der Waals surface area contributed by atoms with Crippen molar-refractivity contribution in [3.8, 4) is 0 Å². The summed E-state index contributed by atoms with van der Waals surface area (Å²) in [6, 6.07) is 12.2. The van der Waals surface area contributed by atoms with Crippen molar-refractivity contribution in [2.45, 2.75) is 12.8 Å². The molecule has 0 aliphatic heterocycles. The fourth-order valence-electron chi connectivity index (χ4n) is 1.87. The third-order valence-electron chi connectivity index (χ3n) is 2.98. The summed E-state index contributed by atoms with van der Waals surface area (Å²) < 4.78 is 0. The van der Waals surface area contributed by atoms with Gasteiger partial charge in [0, 0.05) is 37.1 Å². The Bertz CT molecular complexity index is 558. The second kappa shape index (κ2) is 7.84. The smallest absolute Gasteiger partial charge is 0.269 e. The molecule has 2 aromatic rings. The Balaban J connectivity index is 1.60. The van der Waals surface area contributed by atoms with Crippen molar-refractivity contribution < 1.29 is 4.92 Å². The summed E-state index contributed by atoms with van der Waals surface area (Å²) in [6.45, 7) is 1.71. The van der Waals surface area contributed by atoms with Crippen molar-refractivity contribution >= 4 is 17.2 Å². The van der Waals surface area contributed by atoms with Crippen molar-refractivity contribution in [3.63, 3.8) is 0 Å². The number of benzene rings is 1. The maximum Gasteiger partial charge on any atom is 0.269 e. The van der Waals surface area contributed by atoms with E-state index in [0.717, 1.165) is 37.4 Å². The van der Waals surface area contributed by atoms with Crippen LogP contribution in [0.4, 0.5) is 17.2 Å². The number of nitrogens with one attached hydrogen (secondary N) is 2. The third-order valence-corrected chi connectivity index (χ3v) is 2.98. The molecule has 0 atom stereocenters. The van der Waals surface area contributed by atoms with Gasteiger partial charge in [0.05, 0.1) is 4.92 Å². The molecule has 2 rings (SSSR count). The Hall–Kier alpha value is -2.63. The summed E-state index contributed by atoms with van der Waals surface area (Å²) in [6.07, 6.45) is 3.80. The largest absolute Gasteiger partial charge is 0.385 e. The van der Waals surface area contributed by atoms with Crippen LogP contribution in [0.25, 0.3) is 0 Å². The summed E-state index contributed by atoms with van der Waals surface area (Å²) in [5, 5.41) is 17.0. The van der Waals surface area contributed by atoms with E-state index >= 15 is 0 Å². The van der Waals surface area contributed by atoms with Crippen LogP contribution < -0.4 is 10.6 Å². The molecule has 0 amide bonds. The molecule has 0 spiro atoms. The highest BCUT2D eigenvalue weighted by Crippen LogP contribution is 2.15. The molecular formula is C15H18N4O2. The lowest BCUT2D eigenvalue weighted by atomic mass is 10.2. The number of hydrogen-bond donors (Lipinski definition) is 2. The lowest BCUT2D eigenvalue weighted by Gasteiger charge is -2.07. The second-order valence-electron chi connectivity index (χ2n) is 4.58. The molecule has 1 aromatic heterocycles. The van der Waals surface area contributed by atoms with Crippen LogP contribution in [0.5, 0.6) is 0 Å². The molecule has 1 heterocycles. The van der Waals surface area contributed by atoms with Gasteiger partial charge in [-0.2, -0.15) is 0 Å². The number of non-ortho nitro benzene ring substituents is 1. The highest BCUT2D eigenvalue weighted by atomic mass is 16.6. The molecule has 2 N–H and O–H groups in total. The molecule has 1 aromatic carbocycles. The minimum Gasteiger partial charge on any atom is -0.385 e. The van der Waals surface area contributed by atoms with E-state index in [1.54, 1.807) is 18.3 Å². The highest BCUT2D eigenvalue weighted by Gasteiger charge is 2.03. The first-order valence-corrected chi connectivity index (χ1v) is 6.89. The van der Waals surface area contributed by atoms with Crippen molar-refractivity contribution in [1.29, 1.82) is 0 Å². The number of unbranched alkanes of at least 4 members (excludes halogenated alkanes) is 1. The predicted molar refractivity (Wildman–Crippen MR) is 83.5 cm³/mol. The zero-order valence-electron chi connectivity index (χ0n) is 11.7. The van der Waals surface area contributed by atoms with Gasteiger partial charge in [-0.15, -0.1) is 0 Å². The molecule has 0 saturated heterocycles. The van der Waals surface area contributed by atoms with E-state index in [4.69, 9.17) is 0 Å². The molecule has 21 heavy (non-hydrogen) atoms.